The Morgan fingerprint density at radius 3 is 2.39 bits per heavy atom. The SMILES string of the molecule is Cn1nncc1-c1cnn(C(Cc2ccn(C(F)F)n2)c2ccc(-c3c(-n4cc(C(F)(F)F)nn4)ccc(Cl)c3F)cn2)c1. The first-order valence-electron chi connectivity index (χ1n) is 12.6. The van der Waals surface area contributed by atoms with E-state index in [4.69, 9.17) is 11.6 Å². The number of halogens is 7. The maximum absolute atomic E-state index is 15.4. The smallest absolute Gasteiger partial charge is 0.263 e. The molecule has 5 heterocycles. The molecule has 1 aromatic carbocycles. The lowest BCUT2D eigenvalue weighted by molar-refractivity contribution is -0.141. The fourth-order valence-electron chi connectivity index (χ4n) is 4.59. The van der Waals surface area contributed by atoms with Crippen LogP contribution in [-0.4, -0.2) is 54.5 Å². The van der Waals surface area contributed by atoms with Crippen LogP contribution < -0.4 is 0 Å². The molecule has 6 rings (SSSR count). The molecule has 5 aromatic heterocycles. The van der Waals surface area contributed by atoms with Gasteiger partial charge in [0.05, 0.1) is 52.4 Å². The first-order valence-corrected chi connectivity index (χ1v) is 13.0. The molecule has 0 bridgehead atoms. The first kappa shape index (κ1) is 29.0. The van der Waals surface area contributed by atoms with Crippen molar-refractivity contribution >= 4 is 11.6 Å². The lowest BCUT2D eigenvalue weighted by atomic mass is 10.0. The summed E-state index contributed by atoms with van der Waals surface area (Å²) in [4.78, 5) is 4.50. The van der Waals surface area contributed by atoms with Gasteiger partial charge in [0, 0.05) is 48.7 Å². The fraction of sp³-hybridized carbons (Fsp3) is 0.192. The number of benzene rings is 1. The van der Waals surface area contributed by atoms with E-state index in [1.54, 1.807) is 41.1 Å². The summed E-state index contributed by atoms with van der Waals surface area (Å²) in [6.45, 7) is -2.83. The Kier molecular flexibility index (Phi) is 7.40. The second kappa shape index (κ2) is 11.2. The molecule has 1 unspecified atom stereocenters. The molecule has 0 saturated heterocycles. The third-order valence-electron chi connectivity index (χ3n) is 6.72. The van der Waals surface area contributed by atoms with Crippen molar-refractivity contribution < 1.29 is 26.3 Å². The molecule has 0 spiro atoms. The molecule has 0 fully saturated rings. The molecule has 0 saturated carbocycles. The number of hydrogen-bond donors (Lipinski definition) is 0. The normalized spacial score (nSPS) is 12.8. The number of alkyl halides is 5. The zero-order valence-electron chi connectivity index (χ0n) is 22.3. The fourth-order valence-corrected chi connectivity index (χ4v) is 4.74. The molecule has 0 N–H and O–H groups in total. The van der Waals surface area contributed by atoms with Crippen LogP contribution in [0.5, 0.6) is 0 Å². The molecule has 226 valence electrons. The minimum Gasteiger partial charge on any atom is -0.263 e. The molecule has 0 amide bonds. The van der Waals surface area contributed by atoms with Crippen molar-refractivity contribution in [2.75, 3.05) is 0 Å². The highest BCUT2D eigenvalue weighted by atomic mass is 35.5. The predicted molar refractivity (Wildman–Crippen MR) is 142 cm³/mol. The Balaban J connectivity index is 1.39. The van der Waals surface area contributed by atoms with E-state index in [9.17, 15) is 22.0 Å². The molecular formula is C26H18ClF6N11. The summed E-state index contributed by atoms with van der Waals surface area (Å²) in [6.07, 6.45) is 3.29. The van der Waals surface area contributed by atoms with Gasteiger partial charge in [-0.1, -0.05) is 28.1 Å². The van der Waals surface area contributed by atoms with E-state index >= 15 is 4.39 Å². The summed E-state index contributed by atoms with van der Waals surface area (Å²) in [6, 6.07) is 6.35. The minimum atomic E-state index is -4.76. The van der Waals surface area contributed by atoms with Crippen molar-refractivity contribution in [2.24, 2.45) is 7.05 Å². The second-order valence-electron chi connectivity index (χ2n) is 9.51. The molecule has 0 aliphatic rings. The summed E-state index contributed by atoms with van der Waals surface area (Å²) in [5.74, 6) is -0.904. The van der Waals surface area contributed by atoms with Gasteiger partial charge in [0.25, 0.3) is 0 Å². The van der Waals surface area contributed by atoms with Crippen molar-refractivity contribution in [3.05, 3.63) is 95.4 Å². The molecule has 0 aliphatic heterocycles. The summed E-state index contributed by atoms with van der Waals surface area (Å²) < 4.78 is 85.7. The molecular weight excluding hydrogens is 616 g/mol. The lowest BCUT2D eigenvalue weighted by Gasteiger charge is -2.17. The zero-order chi connectivity index (χ0) is 31.2. The average molecular weight is 634 g/mol. The number of rotatable bonds is 8. The van der Waals surface area contributed by atoms with Gasteiger partial charge in [-0.2, -0.15) is 32.1 Å². The van der Waals surface area contributed by atoms with Gasteiger partial charge in [-0.15, -0.1) is 10.2 Å². The van der Waals surface area contributed by atoms with E-state index in [0.717, 1.165) is 10.9 Å². The van der Waals surface area contributed by atoms with Crippen molar-refractivity contribution in [2.45, 2.75) is 25.2 Å². The molecule has 44 heavy (non-hydrogen) atoms. The van der Waals surface area contributed by atoms with Crippen LogP contribution in [0.2, 0.25) is 5.02 Å². The Bertz CT molecular complexity index is 1920. The molecule has 1 atom stereocenters. The first-order chi connectivity index (χ1) is 21.0. The molecule has 6 aromatic rings. The van der Waals surface area contributed by atoms with Gasteiger partial charge < -0.3 is 0 Å². The monoisotopic (exact) mass is 633 g/mol. The number of aryl methyl sites for hydroxylation is 1. The highest BCUT2D eigenvalue weighted by Crippen LogP contribution is 2.35. The summed E-state index contributed by atoms with van der Waals surface area (Å²) >= 11 is 6.03. The van der Waals surface area contributed by atoms with Crippen molar-refractivity contribution in [1.29, 1.82) is 0 Å². The Morgan fingerprint density at radius 1 is 0.932 bits per heavy atom. The quantitative estimate of drug-likeness (QED) is 0.202. The van der Waals surface area contributed by atoms with E-state index in [1.807, 2.05) is 0 Å². The molecule has 0 radical (unpaired) electrons. The highest BCUT2D eigenvalue weighted by Gasteiger charge is 2.35. The van der Waals surface area contributed by atoms with Crippen LogP contribution in [0.1, 0.15) is 29.7 Å². The Hall–Kier alpha value is -5.06. The van der Waals surface area contributed by atoms with Crippen LogP contribution in [0.3, 0.4) is 0 Å². The molecule has 0 aliphatic carbocycles. The largest absolute Gasteiger partial charge is 0.436 e. The maximum Gasteiger partial charge on any atom is 0.436 e. The number of aromatic nitrogens is 11. The van der Waals surface area contributed by atoms with Crippen molar-refractivity contribution in [3.63, 3.8) is 0 Å². The standard InChI is InChI=1S/C26H18ClF6N11/c1-41-21(11-35-39-41)15-10-36-43(12-15)20(8-16-6-7-42(38-16)25(29)30)18-4-2-14(9-34-18)23-19(5-3-17(27)24(23)28)44-13-22(37-40-44)26(31,32)33/h2-7,9-13,20,25H,8H2,1H3. The lowest BCUT2D eigenvalue weighted by Crippen LogP contribution is -2.16. The summed E-state index contributed by atoms with van der Waals surface area (Å²) in [7, 11) is 1.71. The van der Waals surface area contributed by atoms with Gasteiger partial charge in [-0.05, 0) is 24.3 Å². The average Bonchev–Trinajstić information content (AvgIpc) is 3.80. The topological polar surface area (TPSA) is 110 Å². The van der Waals surface area contributed by atoms with Gasteiger partial charge in [0.1, 0.15) is 0 Å². The van der Waals surface area contributed by atoms with Crippen molar-refractivity contribution in [1.82, 2.24) is 54.5 Å². The summed E-state index contributed by atoms with van der Waals surface area (Å²) in [5, 5.41) is 22.6. The summed E-state index contributed by atoms with van der Waals surface area (Å²) in [5.41, 5.74) is 0.783. The predicted octanol–water partition coefficient (Wildman–Crippen LogP) is 5.56. The van der Waals surface area contributed by atoms with Crippen molar-refractivity contribution in [3.8, 4) is 28.1 Å². The third kappa shape index (κ3) is 5.52. The van der Waals surface area contributed by atoms with Gasteiger partial charge in [0.2, 0.25) is 0 Å². The zero-order valence-corrected chi connectivity index (χ0v) is 23.0. The van der Waals surface area contributed by atoms with Crippen LogP contribution in [0, 0.1) is 5.82 Å². The molecule has 18 heteroatoms. The minimum absolute atomic E-state index is 0.0555. The van der Waals surface area contributed by atoms with Gasteiger partial charge >= 0.3 is 12.7 Å². The van der Waals surface area contributed by atoms with E-state index in [2.05, 4.69) is 35.8 Å². The van der Waals surface area contributed by atoms with Gasteiger partial charge in [0.15, 0.2) is 11.5 Å². The van der Waals surface area contributed by atoms with Gasteiger partial charge in [-0.25, -0.2) is 18.4 Å². The number of pyridine rings is 1. The van der Waals surface area contributed by atoms with Gasteiger partial charge in [-0.3, -0.25) is 9.67 Å². The van der Waals surface area contributed by atoms with E-state index < -0.39 is 30.3 Å². The van der Waals surface area contributed by atoms with Crippen LogP contribution in [-0.2, 0) is 19.6 Å². The second-order valence-corrected chi connectivity index (χ2v) is 9.92. The van der Waals surface area contributed by atoms with Crippen LogP contribution >= 0.6 is 11.6 Å². The number of hydrogen-bond acceptors (Lipinski definition) is 7. The van der Waals surface area contributed by atoms with E-state index in [1.165, 1.54) is 30.5 Å². The number of nitrogens with zero attached hydrogens (tertiary/aromatic N) is 11. The molecule has 11 nitrogen and oxygen atoms in total. The third-order valence-corrected chi connectivity index (χ3v) is 7.01. The highest BCUT2D eigenvalue weighted by molar-refractivity contribution is 6.31. The Labute approximate surface area is 248 Å². The van der Waals surface area contributed by atoms with Crippen LogP contribution in [0.15, 0.2) is 67.5 Å². The van der Waals surface area contributed by atoms with Crippen LogP contribution in [0.4, 0.5) is 26.3 Å². The van der Waals surface area contributed by atoms with E-state index in [0.29, 0.717) is 33.5 Å². The maximum atomic E-state index is 15.4. The Morgan fingerprint density at radius 2 is 1.75 bits per heavy atom. The van der Waals surface area contributed by atoms with E-state index in [-0.39, 0.29) is 28.3 Å². The van der Waals surface area contributed by atoms with Crippen LogP contribution in [0.25, 0.3) is 28.1 Å².